The molecule has 3 aliphatic carbocycles. The molecule has 10 aromatic carbocycles. The van der Waals surface area contributed by atoms with Crippen LogP contribution in [0.4, 0.5) is 34.1 Å². The zero-order valence-electron chi connectivity index (χ0n) is 45.9. The fourth-order valence-electron chi connectivity index (χ4n) is 13.4. The minimum Gasteiger partial charge on any atom is -0.310 e. The van der Waals surface area contributed by atoms with Crippen LogP contribution in [0.1, 0.15) is 74.9 Å². The van der Waals surface area contributed by atoms with Crippen molar-refractivity contribution < 1.29 is 0 Å². The highest BCUT2D eigenvalue weighted by Gasteiger charge is 2.46. The molecule has 0 unspecified atom stereocenters. The predicted molar refractivity (Wildman–Crippen MR) is 329 cm³/mol. The summed E-state index contributed by atoms with van der Waals surface area (Å²) in [6.07, 6.45) is 0. The third-order valence-corrected chi connectivity index (χ3v) is 21.9. The molecular formula is C71H68N2Si2. The minimum absolute atomic E-state index is 0.224. The zero-order valence-corrected chi connectivity index (χ0v) is 47.9. The number of benzene rings is 10. The Bertz CT molecular complexity index is 3700. The second-order valence-electron chi connectivity index (χ2n) is 25.4. The largest absolute Gasteiger partial charge is 0.310 e. The van der Waals surface area contributed by atoms with Crippen molar-refractivity contribution >= 4 is 82.2 Å². The van der Waals surface area contributed by atoms with Gasteiger partial charge in [-0.25, -0.2) is 0 Å². The van der Waals surface area contributed by atoms with E-state index >= 15 is 0 Å². The van der Waals surface area contributed by atoms with Crippen LogP contribution >= 0.6 is 0 Å². The topological polar surface area (TPSA) is 6.48 Å². The van der Waals surface area contributed by atoms with Crippen LogP contribution in [0.25, 0.3) is 54.9 Å². The van der Waals surface area contributed by atoms with Crippen molar-refractivity contribution in [1.82, 2.24) is 0 Å². The van der Waals surface area contributed by atoms with Crippen LogP contribution in [0.3, 0.4) is 0 Å². The number of rotatable bonds is 8. The van der Waals surface area contributed by atoms with Gasteiger partial charge < -0.3 is 9.80 Å². The van der Waals surface area contributed by atoms with Gasteiger partial charge in [-0.2, -0.15) is 0 Å². The Morgan fingerprint density at radius 3 is 0.907 bits per heavy atom. The van der Waals surface area contributed by atoms with Crippen LogP contribution < -0.4 is 20.2 Å². The van der Waals surface area contributed by atoms with E-state index in [4.69, 9.17) is 0 Å². The summed E-state index contributed by atoms with van der Waals surface area (Å²) in [6.45, 7) is 29.4. The molecule has 13 rings (SSSR count). The van der Waals surface area contributed by atoms with Gasteiger partial charge in [-0.1, -0.05) is 200 Å². The lowest BCUT2D eigenvalue weighted by atomic mass is 9.78. The fourth-order valence-corrected chi connectivity index (χ4v) is 15.8. The molecule has 0 fully saturated rings. The van der Waals surface area contributed by atoms with E-state index in [-0.39, 0.29) is 16.2 Å². The normalized spacial score (nSPS) is 15.3. The summed E-state index contributed by atoms with van der Waals surface area (Å²) >= 11 is 0. The van der Waals surface area contributed by atoms with Gasteiger partial charge in [0.2, 0.25) is 0 Å². The van der Waals surface area contributed by atoms with Crippen molar-refractivity contribution in [2.24, 2.45) is 0 Å². The smallest absolute Gasteiger partial charge is 0.0775 e. The summed E-state index contributed by atoms with van der Waals surface area (Å²) in [5.41, 5.74) is 23.1. The van der Waals surface area contributed by atoms with Crippen molar-refractivity contribution in [3.05, 3.63) is 228 Å². The Kier molecular flexibility index (Phi) is 10.4. The lowest BCUT2D eigenvalue weighted by molar-refractivity contribution is 0.649. The van der Waals surface area contributed by atoms with Crippen molar-refractivity contribution in [1.29, 1.82) is 0 Å². The minimum atomic E-state index is -1.49. The average Bonchev–Trinajstić information content (AvgIpc) is 3.96. The van der Waals surface area contributed by atoms with E-state index in [2.05, 4.69) is 285 Å². The Labute approximate surface area is 447 Å². The lowest BCUT2D eigenvalue weighted by Gasteiger charge is -2.30. The highest BCUT2D eigenvalue weighted by molar-refractivity contribution is 6.89. The van der Waals surface area contributed by atoms with Gasteiger partial charge >= 0.3 is 0 Å². The van der Waals surface area contributed by atoms with E-state index in [1.165, 1.54) is 121 Å². The maximum Gasteiger partial charge on any atom is 0.0775 e. The lowest BCUT2D eigenvalue weighted by Crippen LogP contribution is -2.37. The number of hydrogen-bond donors (Lipinski definition) is 0. The van der Waals surface area contributed by atoms with Crippen LogP contribution in [0, 0.1) is 0 Å². The summed E-state index contributed by atoms with van der Waals surface area (Å²) in [4.78, 5) is 4.98. The van der Waals surface area contributed by atoms with Gasteiger partial charge in [0, 0.05) is 49.8 Å². The van der Waals surface area contributed by atoms with Crippen LogP contribution in [0.15, 0.2) is 194 Å². The highest BCUT2D eigenvalue weighted by atomic mass is 28.3. The average molecular weight is 1010 g/mol. The van der Waals surface area contributed by atoms with Crippen molar-refractivity contribution in [3.8, 4) is 33.4 Å². The number of fused-ring (bicyclic) bond motifs is 13. The number of hydrogen-bond acceptors (Lipinski definition) is 2. The number of para-hydroxylation sites is 2. The first-order valence-corrected chi connectivity index (χ1v) is 34.2. The van der Waals surface area contributed by atoms with E-state index in [0.29, 0.717) is 0 Å². The van der Waals surface area contributed by atoms with Crippen LogP contribution in [-0.2, 0) is 16.2 Å². The molecule has 0 aromatic heterocycles. The number of anilines is 6. The Hall–Kier alpha value is -7.25. The van der Waals surface area contributed by atoms with Gasteiger partial charge in [-0.3, -0.25) is 0 Å². The molecule has 0 radical (unpaired) electrons. The standard InChI is InChI=1S/C71H68N2Si2/c1-69(2)59-41-57-61(70(3,4)63-43-65(51-27-19-21-29-53(51)67(57)63)72(45-23-15-13-16-24-45)47-31-35-49(36-32-47)74(7,8)9)39-55(59)56-40-62-58(42-60(56)69)68-54-30-22-20-28-52(54)66(44-64(68)71(62,5)6)73(46-25-17-14-18-26-46)48-33-37-50(38-34-48)75(10,11)12/h13-44H,1-12H3. The van der Waals surface area contributed by atoms with E-state index in [0.717, 1.165) is 11.4 Å². The van der Waals surface area contributed by atoms with E-state index in [9.17, 15) is 0 Å². The third kappa shape index (κ3) is 7.09. The maximum atomic E-state index is 2.61. The molecule has 4 heteroatoms. The molecule has 0 spiro atoms. The molecule has 10 aromatic rings. The quantitative estimate of drug-likeness (QED) is 0.140. The number of nitrogens with zero attached hydrogens (tertiary/aromatic N) is 2. The van der Waals surface area contributed by atoms with E-state index < -0.39 is 16.1 Å². The first-order valence-electron chi connectivity index (χ1n) is 27.2. The van der Waals surface area contributed by atoms with Crippen LogP contribution in [0.5, 0.6) is 0 Å². The Morgan fingerprint density at radius 2 is 0.560 bits per heavy atom. The zero-order chi connectivity index (χ0) is 52.1. The maximum absolute atomic E-state index is 2.61. The van der Waals surface area contributed by atoms with E-state index in [1.54, 1.807) is 0 Å². The van der Waals surface area contributed by atoms with Gasteiger partial charge in [-0.15, -0.1) is 0 Å². The molecule has 0 saturated carbocycles. The molecule has 0 saturated heterocycles. The Morgan fingerprint density at radius 1 is 0.280 bits per heavy atom. The molecule has 0 atom stereocenters. The van der Waals surface area contributed by atoms with Crippen molar-refractivity contribution in [2.75, 3.05) is 9.80 Å². The molecule has 0 amide bonds. The second-order valence-corrected chi connectivity index (χ2v) is 35.6. The summed E-state index contributed by atoms with van der Waals surface area (Å²) < 4.78 is 0. The molecule has 3 aliphatic rings. The van der Waals surface area contributed by atoms with Gasteiger partial charge in [0.25, 0.3) is 0 Å². The first kappa shape index (κ1) is 47.5. The Balaban J connectivity index is 0.964. The molecule has 0 aliphatic heterocycles. The molecule has 2 nitrogen and oxygen atoms in total. The highest BCUT2D eigenvalue weighted by Crippen LogP contribution is 2.62. The third-order valence-electron chi connectivity index (χ3n) is 17.7. The molecule has 370 valence electrons. The summed E-state index contributed by atoms with van der Waals surface area (Å²) in [7, 11) is -2.99. The van der Waals surface area contributed by atoms with Crippen LogP contribution in [-0.4, -0.2) is 16.1 Å². The van der Waals surface area contributed by atoms with Gasteiger partial charge in [-0.05, 0) is 162 Å². The molecule has 0 heterocycles. The van der Waals surface area contributed by atoms with Crippen LogP contribution in [0.2, 0.25) is 39.3 Å². The summed E-state index contributed by atoms with van der Waals surface area (Å²) in [6, 6.07) is 74.6. The van der Waals surface area contributed by atoms with Gasteiger partial charge in [0.05, 0.1) is 27.5 Å². The predicted octanol–water partition coefficient (Wildman–Crippen LogP) is 18.9. The van der Waals surface area contributed by atoms with Crippen molar-refractivity contribution in [3.63, 3.8) is 0 Å². The summed E-state index contributed by atoms with van der Waals surface area (Å²) in [5.74, 6) is 0. The van der Waals surface area contributed by atoms with E-state index in [1.807, 2.05) is 0 Å². The molecular weight excluding hydrogens is 937 g/mol. The fraction of sp³-hybridized carbons (Fsp3) is 0.211. The summed E-state index contributed by atoms with van der Waals surface area (Å²) in [5, 5.41) is 8.09. The van der Waals surface area contributed by atoms with Gasteiger partial charge in [0.1, 0.15) is 0 Å². The monoisotopic (exact) mass is 1000 g/mol. The molecule has 0 bridgehead atoms. The SMILES string of the molecule is CC1(C)c2cc3c(cc2-c2cc4c(cc21)-c1c(cc(N(c2ccccc2)c2ccc([Si](C)(C)C)cc2)c2ccccc12)C4(C)C)C(C)(C)c1cc(N(c2ccccc2)c2ccc([Si](C)(C)C)cc2)c2ccccc2c1-3. The van der Waals surface area contributed by atoms with Crippen molar-refractivity contribution in [2.45, 2.75) is 97.1 Å². The first-order chi connectivity index (χ1) is 35.7. The molecule has 75 heavy (non-hydrogen) atoms. The second kappa shape index (κ2) is 16.4. The molecule has 0 N–H and O–H groups in total. The van der Waals surface area contributed by atoms with Gasteiger partial charge in [0.15, 0.2) is 0 Å².